The maximum Gasteiger partial charge on any atom is 0.408 e. The minimum absolute atomic E-state index is 0.0306. The van der Waals surface area contributed by atoms with Crippen LogP contribution >= 0.6 is 0 Å². The maximum absolute atomic E-state index is 12.8. The van der Waals surface area contributed by atoms with Gasteiger partial charge in [-0.3, -0.25) is 33.6 Å². The van der Waals surface area contributed by atoms with Gasteiger partial charge in [0.05, 0.1) is 138 Å². The Morgan fingerprint density at radius 3 is 1.12 bits per heavy atom. The highest BCUT2D eigenvalue weighted by molar-refractivity contribution is 5.92. The SMILES string of the molecule is CC(C)(C)OC(=O)CC[C@H](NC(=O)OC(C)(C)C)C(=O)NCC(=O)NCC(=O)NCC(=O)NCC(=O)NCCOCCOCCOCCOCCOCCOCCOCCOCCC(=O)O. The van der Waals surface area contributed by atoms with Crippen molar-refractivity contribution in [1.82, 2.24) is 31.9 Å². The van der Waals surface area contributed by atoms with Crippen LogP contribution in [0, 0.1) is 0 Å². The molecule has 0 heterocycles. The van der Waals surface area contributed by atoms with E-state index in [1.807, 2.05) is 0 Å². The standard InChI is InChI=1S/C41H74N6O19/c1-40(2,3)65-37(54)8-7-31(47-39(56)66-41(4,5)6)38(55)46-30-35(51)45-29-34(50)44-28-33(49)43-27-32(48)42-10-12-58-14-16-60-18-20-62-22-24-64-26-25-63-23-21-61-19-17-59-15-13-57-11-9-36(52)53/h31H,7-30H2,1-6H3,(H,42,48)(H,43,49)(H,44,50)(H,45,51)(H,46,55)(H,47,56)(H,52,53)/t31-/m0/s1. The summed E-state index contributed by atoms with van der Waals surface area (Å²) in [6.07, 6.45) is -1.29. The number of carbonyl (C=O) groups excluding carboxylic acids is 7. The zero-order valence-electron chi connectivity index (χ0n) is 39.3. The Labute approximate surface area is 386 Å². The van der Waals surface area contributed by atoms with Crippen molar-refractivity contribution >= 4 is 47.6 Å². The molecule has 0 saturated carbocycles. The van der Waals surface area contributed by atoms with E-state index < -0.39 is 84.4 Å². The van der Waals surface area contributed by atoms with E-state index >= 15 is 0 Å². The van der Waals surface area contributed by atoms with Gasteiger partial charge in [0.15, 0.2) is 0 Å². The summed E-state index contributed by atoms with van der Waals surface area (Å²) in [4.78, 5) is 96.2. The predicted molar refractivity (Wildman–Crippen MR) is 232 cm³/mol. The first-order valence-corrected chi connectivity index (χ1v) is 21.7. The fourth-order valence-electron chi connectivity index (χ4n) is 4.51. The highest BCUT2D eigenvalue weighted by atomic mass is 16.6. The lowest BCUT2D eigenvalue weighted by atomic mass is 10.1. The van der Waals surface area contributed by atoms with Gasteiger partial charge in [0, 0.05) is 13.0 Å². The van der Waals surface area contributed by atoms with Gasteiger partial charge in [0.25, 0.3) is 0 Å². The number of carboxylic acids is 1. The van der Waals surface area contributed by atoms with Gasteiger partial charge in [-0.1, -0.05) is 0 Å². The minimum Gasteiger partial charge on any atom is -0.481 e. The molecule has 7 N–H and O–H groups in total. The van der Waals surface area contributed by atoms with Gasteiger partial charge in [-0.05, 0) is 48.0 Å². The quantitative estimate of drug-likeness (QED) is 0.0263. The largest absolute Gasteiger partial charge is 0.481 e. The van der Waals surface area contributed by atoms with Crippen LogP contribution in [0.3, 0.4) is 0 Å². The average Bonchev–Trinajstić information content (AvgIpc) is 3.23. The molecule has 6 amide bonds. The Bertz CT molecular complexity index is 1410. The lowest BCUT2D eigenvalue weighted by Crippen LogP contribution is -2.51. The number of carbonyl (C=O) groups is 8. The molecule has 0 aliphatic carbocycles. The van der Waals surface area contributed by atoms with E-state index in [0.29, 0.717) is 92.5 Å². The van der Waals surface area contributed by atoms with Crippen LogP contribution in [0.4, 0.5) is 4.79 Å². The molecule has 25 nitrogen and oxygen atoms in total. The molecule has 0 fully saturated rings. The van der Waals surface area contributed by atoms with Crippen LogP contribution in [0.2, 0.25) is 0 Å². The van der Waals surface area contributed by atoms with Crippen LogP contribution < -0.4 is 31.9 Å². The Balaban J connectivity index is 3.84. The van der Waals surface area contributed by atoms with Gasteiger partial charge in [0.2, 0.25) is 29.5 Å². The molecule has 0 aliphatic rings. The van der Waals surface area contributed by atoms with E-state index in [4.69, 9.17) is 52.5 Å². The first kappa shape index (κ1) is 61.2. The first-order valence-electron chi connectivity index (χ1n) is 21.7. The predicted octanol–water partition coefficient (Wildman–Crippen LogP) is -1.81. The summed E-state index contributed by atoms with van der Waals surface area (Å²) in [6, 6.07) is -1.24. The molecular formula is C41H74N6O19. The monoisotopic (exact) mass is 955 g/mol. The first-order chi connectivity index (χ1) is 31.3. The highest BCUT2D eigenvalue weighted by Gasteiger charge is 2.27. The molecule has 66 heavy (non-hydrogen) atoms. The van der Waals surface area contributed by atoms with Crippen molar-refractivity contribution in [2.45, 2.75) is 78.0 Å². The third kappa shape index (κ3) is 43.1. The number of nitrogens with one attached hydrogen (secondary N) is 6. The Morgan fingerprint density at radius 2 is 0.758 bits per heavy atom. The van der Waals surface area contributed by atoms with E-state index in [9.17, 15) is 38.4 Å². The van der Waals surface area contributed by atoms with E-state index in [2.05, 4.69) is 31.9 Å². The maximum atomic E-state index is 12.8. The second kappa shape index (κ2) is 38.4. The van der Waals surface area contributed by atoms with Crippen molar-refractivity contribution in [3.8, 4) is 0 Å². The van der Waals surface area contributed by atoms with Crippen LogP contribution in [-0.2, 0) is 80.9 Å². The minimum atomic E-state index is -1.24. The molecule has 0 bridgehead atoms. The topological polar surface area (TPSA) is 321 Å². The van der Waals surface area contributed by atoms with Crippen LogP contribution in [0.15, 0.2) is 0 Å². The molecule has 25 heteroatoms. The summed E-state index contributed by atoms with van der Waals surface area (Å²) >= 11 is 0. The smallest absolute Gasteiger partial charge is 0.408 e. The van der Waals surface area contributed by atoms with E-state index in [0.717, 1.165) is 0 Å². The van der Waals surface area contributed by atoms with Crippen molar-refractivity contribution in [2.75, 3.05) is 138 Å². The number of aliphatic carboxylic acids is 1. The second-order valence-electron chi connectivity index (χ2n) is 15.8. The number of hydrogen-bond donors (Lipinski definition) is 7. The van der Waals surface area contributed by atoms with Crippen molar-refractivity contribution in [3.05, 3.63) is 0 Å². The molecule has 0 spiro atoms. The zero-order chi connectivity index (χ0) is 49.5. The summed E-state index contributed by atoms with van der Waals surface area (Å²) in [5, 5.41) is 22.7. The van der Waals surface area contributed by atoms with Gasteiger partial charge in [-0.15, -0.1) is 0 Å². The van der Waals surface area contributed by atoms with Crippen LogP contribution in [0.25, 0.3) is 0 Å². The lowest BCUT2D eigenvalue weighted by Gasteiger charge is -2.24. The van der Waals surface area contributed by atoms with Crippen LogP contribution in [0.5, 0.6) is 0 Å². The number of ether oxygens (including phenoxy) is 10. The summed E-state index contributed by atoms with van der Waals surface area (Å²) < 4.78 is 53.3. The number of alkyl carbamates (subject to hydrolysis) is 1. The molecule has 0 rings (SSSR count). The molecule has 0 aromatic rings. The average molecular weight is 955 g/mol. The van der Waals surface area contributed by atoms with Crippen molar-refractivity contribution in [2.24, 2.45) is 0 Å². The van der Waals surface area contributed by atoms with Crippen LogP contribution in [-0.4, -0.2) is 208 Å². The van der Waals surface area contributed by atoms with Crippen molar-refractivity contribution in [3.63, 3.8) is 0 Å². The number of esters is 1. The second-order valence-corrected chi connectivity index (χ2v) is 15.8. The van der Waals surface area contributed by atoms with E-state index in [-0.39, 0.29) is 45.6 Å². The molecule has 1 atom stereocenters. The van der Waals surface area contributed by atoms with Crippen molar-refractivity contribution in [1.29, 1.82) is 0 Å². The fourth-order valence-corrected chi connectivity index (χ4v) is 4.51. The third-order valence-corrected chi connectivity index (χ3v) is 7.46. The Morgan fingerprint density at radius 1 is 0.424 bits per heavy atom. The number of carboxylic acid groups (broad SMARTS) is 1. The van der Waals surface area contributed by atoms with Crippen molar-refractivity contribution < 1.29 is 90.8 Å². The van der Waals surface area contributed by atoms with E-state index in [1.165, 1.54) is 0 Å². The number of rotatable bonds is 40. The van der Waals surface area contributed by atoms with Gasteiger partial charge < -0.3 is 84.4 Å². The molecule has 0 unspecified atom stereocenters. The molecule has 0 aromatic carbocycles. The molecule has 0 radical (unpaired) electrons. The van der Waals surface area contributed by atoms with Gasteiger partial charge >= 0.3 is 18.0 Å². The summed E-state index contributed by atoms with van der Waals surface area (Å²) in [5.74, 6) is -4.88. The molecule has 0 aromatic heterocycles. The van der Waals surface area contributed by atoms with Gasteiger partial charge in [0.1, 0.15) is 17.2 Å². The van der Waals surface area contributed by atoms with E-state index in [1.54, 1.807) is 41.5 Å². The molecule has 382 valence electrons. The molecule has 0 saturated heterocycles. The lowest BCUT2D eigenvalue weighted by molar-refractivity contribution is -0.155. The summed E-state index contributed by atoms with van der Waals surface area (Å²) in [6.45, 7) is 14.0. The third-order valence-electron chi connectivity index (χ3n) is 7.46. The van der Waals surface area contributed by atoms with Crippen LogP contribution in [0.1, 0.15) is 60.8 Å². The fraction of sp³-hybridized carbons (Fsp3) is 0.805. The Kier molecular flexibility index (Phi) is 35.6. The zero-order valence-corrected chi connectivity index (χ0v) is 39.3. The number of amides is 6. The molecule has 0 aliphatic heterocycles. The normalized spacial score (nSPS) is 11.8. The summed E-state index contributed by atoms with van der Waals surface area (Å²) in [7, 11) is 0. The van der Waals surface area contributed by atoms with Gasteiger partial charge in [-0.25, -0.2) is 4.79 Å². The van der Waals surface area contributed by atoms with Gasteiger partial charge in [-0.2, -0.15) is 0 Å². The number of hydrogen-bond acceptors (Lipinski definition) is 18. The highest BCUT2D eigenvalue weighted by Crippen LogP contribution is 2.11. The summed E-state index contributed by atoms with van der Waals surface area (Å²) in [5.41, 5.74) is -1.61. The Hall–Kier alpha value is -4.76. The molecular weight excluding hydrogens is 880 g/mol.